The van der Waals surface area contributed by atoms with Crippen molar-refractivity contribution in [3.05, 3.63) is 47.9 Å². The third-order valence-electron chi connectivity index (χ3n) is 4.11. The van der Waals surface area contributed by atoms with Gasteiger partial charge >= 0.3 is 0 Å². The molecule has 3 heterocycles. The maximum absolute atomic E-state index is 12.7. The first-order chi connectivity index (χ1) is 10.8. The molecule has 2 aliphatic rings. The van der Waals surface area contributed by atoms with Gasteiger partial charge in [-0.05, 0) is 12.0 Å². The lowest BCUT2D eigenvalue weighted by Gasteiger charge is -2.36. The van der Waals surface area contributed by atoms with E-state index in [4.69, 9.17) is 0 Å². The maximum atomic E-state index is 12.7. The Bertz CT molecular complexity index is 749. The van der Waals surface area contributed by atoms with Gasteiger partial charge in [0.15, 0.2) is 11.5 Å². The highest BCUT2D eigenvalue weighted by Gasteiger charge is 2.37. The van der Waals surface area contributed by atoms with Gasteiger partial charge in [0, 0.05) is 26.7 Å². The van der Waals surface area contributed by atoms with Crippen molar-refractivity contribution in [3.63, 3.8) is 0 Å². The van der Waals surface area contributed by atoms with Gasteiger partial charge in [-0.1, -0.05) is 30.3 Å². The van der Waals surface area contributed by atoms with E-state index in [2.05, 4.69) is 22.1 Å². The van der Waals surface area contributed by atoms with Gasteiger partial charge in [-0.15, -0.1) is 0 Å². The molecule has 0 atom stereocenters. The minimum absolute atomic E-state index is 0.0414. The first-order valence-electron chi connectivity index (χ1n) is 7.45. The number of anilines is 1. The average Bonchev–Trinajstić information content (AvgIpc) is 2.97. The summed E-state index contributed by atoms with van der Waals surface area (Å²) in [5.41, 5.74) is 1.79. The number of benzene rings is 1. The highest BCUT2D eigenvalue weighted by Crippen LogP contribution is 2.28. The summed E-state index contributed by atoms with van der Waals surface area (Å²) in [7, 11) is 1.78. The van der Waals surface area contributed by atoms with Gasteiger partial charge in [-0.2, -0.15) is 0 Å². The number of carbonyl (C=O) groups excluding carboxylic acids is 1. The predicted molar refractivity (Wildman–Crippen MR) is 84.1 cm³/mol. The van der Waals surface area contributed by atoms with Crippen LogP contribution >= 0.6 is 0 Å². The van der Waals surface area contributed by atoms with E-state index in [0.717, 1.165) is 30.9 Å². The van der Waals surface area contributed by atoms with Crippen molar-refractivity contribution in [2.75, 3.05) is 25.0 Å². The van der Waals surface area contributed by atoms with Gasteiger partial charge in [-0.25, -0.2) is 4.98 Å². The molecule has 2 aliphatic heterocycles. The molecule has 0 N–H and O–H groups in total. The lowest BCUT2D eigenvalue weighted by molar-refractivity contribution is 0.0853. The zero-order valence-corrected chi connectivity index (χ0v) is 12.4. The number of hydrogen-bond donors (Lipinski definition) is 0. The van der Waals surface area contributed by atoms with Crippen LogP contribution in [0.5, 0.6) is 0 Å². The highest BCUT2D eigenvalue weighted by atomic mass is 16.2. The summed E-state index contributed by atoms with van der Waals surface area (Å²) >= 11 is 0. The van der Waals surface area contributed by atoms with Crippen molar-refractivity contribution in [1.82, 2.24) is 14.5 Å². The molecular formula is C16H17N5O. The molecule has 1 aromatic carbocycles. The number of carbonyl (C=O) groups is 1. The molecule has 1 amide bonds. The van der Waals surface area contributed by atoms with Gasteiger partial charge in [0.05, 0.1) is 6.33 Å². The van der Waals surface area contributed by atoms with Crippen LogP contribution in [0, 0.1) is 0 Å². The van der Waals surface area contributed by atoms with E-state index in [9.17, 15) is 4.79 Å². The summed E-state index contributed by atoms with van der Waals surface area (Å²) in [4.78, 5) is 25.3. The molecule has 0 radical (unpaired) electrons. The van der Waals surface area contributed by atoms with Crippen molar-refractivity contribution >= 4 is 17.7 Å². The number of aromatic nitrogens is 2. The normalized spacial score (nSPS) is 17.1. The van der Waals surface area contributed by atoms with E-state index in [1.165, 1.54) is 0 Å². The van der Waals surface area contributed by atoms with Crippen LogP contribution in [0.25, 0.3) is 0 Å². The van der Waals surface area contributed by atoms with E-state index in [1.54, 1.807) is 18.3 Å². The Morgan fingerprint density at radius 1 is 1.23 bits per heavy atom. The Balaban J connectivity index is 1.77. The number of guanidine groups is 1. The molecule has 112 valence electrons. The number of fused-ring (bicyclic) bond motifs is 3. The van der Waals surface area contributed by atoms with Crippen LogP contribution in [-0.4, -0.2) is 46.5 Å². The van der Waals surface area contributed by atoms with Crippen LogP contribution in [-0.2, 0) is 6.54 Å². The zero-order chi connectivity index (χ0) is 15.1. The number of imidazole rings is 1. The molecule has 0 saturated carbocycles. The fraction of sp³-hybridized carbons (Fsp3) is 0.312. The molecule has 0 saturated heterocycles. The fourth-order valence-electron chi connectivity index (χ4n) is 3.02. The lowest BCUT2D eigenvalue weighted by Crippen LogP contribution is -2.52. The minimum atomic E-state index is -0.0414. The Kier molecular flexibility index (Phi) is 2.96. The first-order valence-corrected chi connectivity index (χ1v) is 7.45. The monoisotopic (exact) mass is 295 g/mol. The second kappa shape index (κ2) is 4.98. The van der Waals surface area contributed by atoms with Crippen LogP contribution < -0.4 is 4.90 Å². The van der Waals surface area contributed by atoms with Crippen LogP contribution in [0.3, 0.4) is 0 Å². The first kappa shape index (κ1) is 13.1. The SMILES string of the molecule is CN1C(=O)c2c(ncn2Cc2ccccc2)N2CCCN=C12. The smallest absolute Gasteiger partial charge is 0.280 e. The Hall–Kier alpha value is -2.63. The maximum Gasteiger partial charge on any atom is 0.280 e. The third kappa shape index (κ3) is 1.91. The van der Waals surface area contributed by atoms with Gasteiger partial charge in [0.25, 0.3) is 5.91 Å². The predicted octanol–water partition coefficient (Wildman–Crippen LogP) is 1.58. The Morgan fingerprint density at radius 2 is 2.05 bits per heavy atom. The van der Waals surface area contributed by atoms with Gasteiger partial charge in [0.1, 0.15) is 0 Å². The number of amides is 1. The lowest BCUT2D eigenvalue weighted by atomic mass is 10.2. The molecule has 0 unspecified atom stereocenters. The van der Waals surface area contributed by atoms with Crippen molar-refractivity contribution in [2.45, 2.75) is 13.0 Å². The minimum Gasteiger partial charge on any atom is -0.320 e. The Morgan fingerprint density at radius 3 is 2.86 bits per heavy atom. The molecule has 0 bridgehead atoms. The number of aliphatic imine (C=N–C) groups is 1. The van der Waals surface area contributed by atoms with E-state index < -0.39 is 0 Å². The van der Waals surface area contributed by atoms with Crippen LogP contribution in [0.15, 0.2) is 41.7 Å². The second-order valence-corrected chi connectivity index (χ2v) is 5.58. The highest BCUT2D eigenvalue weighted by molar-refractivity contribution is 6.17. The average molecular weight is 295 g/mol. The molecule has 6 heteroatoms. The largest absolute Gasteiger partial charge is 0.320 e. The second-order valence-electron chi connectivity index (χ2n) is 5.58. The van der Waals surface area contributed by atoms with Crippen molar-refractivity contribution < 1.29 is 4.79 Å². The van der Waals surface area contributed by atoms with Gasteiger partial charge in [0.2, 0.25) is 5.96 Å². The molecule has 0 aliphatic carbocycles. The molecular weight excluding hydrogens is 278 g/mol. The summed E-state index contributed by atoms with van der Waals surface area (Å²) in [5.74, 6) is 1.41. The van der Waals surface area contributed by atoms with E-state index >= 15 is 0 Å². The van der Waals surface area contributed by atoms with Crippen molar-refractivity contribution in [1.29, 1.82) is 0 Å². The number of rotatable bonds is 2. The van der Waals surface area contributed by atoms with Crippen LogP contribution in [0.1, 0.15) is 22.5 Å². The summed E-state index contributed by atoms with van der Waals surface area (Å²) in [6.45, 7) is 2.26. The number of nitrogens with zero attached hydrogens (tertiary/aromatic N) is 5. The molecule has 0 spiro atoms. The molecule has 0 fully saturated rings. The van der Waals surface area contributed by atoms with E-state index in [-0.39, 0.29) is 5.91 Å². The Labute approximate surface area is 128 Å². The van der Waals surface area contributed by atoms with Gasteiger partial charge in [-0.3, -0.25) is 19.6 Å². The third-order valence-corrected chi connectivity index (χ3v) is 4.11. The van der Waals surface area contributed by atoms with Crippen LogP contribution in [0.2, 0.25) is 0 Å². The summed E-state index contributed by atoms with van der Waals surface area (Å²) < 4.78 is 1.93. The molecule has 2 aromatic rings. The molecule has 22 heavy (non-hydrogen) atoms. The quantitative estimate of drug-likeness (QED) is 0.845. The molecule has 6 nitrogen and oxygen atoms in total. The van der Waals surface area contributed by atoms with Crippen molar-refractivity contribution in [3.8, 4) is 0 Å². The van der Waals surface area contributed by atoms with E-state index in [0.29, 0.717) is 18.2 Å². The number of hydrogen-bond acceptors (Lipinski definition) is 4. The van der Waals surface area contributed by atoms with Crippen molar-refractivity contribution in [2.24, 2.45) is 4.99 Å². The summed E-state index contributed by atoms with van der Waals surface area (Å²) in [6, 6.07) is 10.1. The zero-order valence-electron chi connectivity index (χ0n) is 12.4. The molecule has 4 rings (SSSR count). The fourth-order valence-corrected chi connectivity index (χ4v) is 3.02. The standard InChI is InChI=1S/C16H17N5O/c1-19-15(22)13-14(21-9-5-8-17-16(19)21)18-11-20(13)10-12-6-3-2-4-7-12/h2-4,6-7,11H,5,8-10H2,1H3. The summed E-state index contributed by atoms with van der Waals surface area (Å²) in [5, 5.41) is 0. The molecule has 1 aromatic heterocycles. The van der Waals surface area contributed by atoms with E-state index in [1.807, 2.05) is 27.7 Å². The summed E-state index contributed by atoms with van der Waals surface area (Å²) in [6.07, 6.45) is 2.73. The van der Waals surface area contributed by atoms with Crippen LogP contribution in [0.4, 0.5) is 5.82 Å². The topological polar surface area (TPSA) is 53.7 Å². The van der Waals surface area contributed by atoms with Gasteiger partial charge < -0.3 is 4.57 Å².